The molecule has 1 aliphatic rings. The summed E-state index contributed by atoms with van der Waals surface area (Å²) < 4.78 is 10.7. The average molecular weight is 387 g/mol. The lowest BCUT2D eigenvalue weighted by Gasteiger charge is -2.25. The number of carbonyl (C=O) groups excluding carboxylic acids is 2. The van der Waals surface area contributed by atoms with Crippen LogP contribution in [0.5, 0.6) is 5.75 Å². The fourth-order valence-corrected chi connectivity index (χ4v) is 3.42. The van der Waals surface area contributed by atoms with Crippen molar-refractivity contribution in [2.75, 3.05) is 7.11 Å². The van der Waals surface area contributed by atoms with E-state index in [1.165, 1.54) is 0 Å². The molecule has 3 aromatic carbocycles. The summed E-state index contributed by atoms with van der Waals surface area (Å²) in [4.78, 5) is 25.0. The Morgan fingerprint density at radius 2 is 1.83 bits per heavy atom. The van der Waals surface area contributed by atoms with E-state index in [1.807, 2.05) is 54.6 Å². The van der Waals surface area contributed by atoms with Crippen LogP contribution in [-0.2, 0) is 17.7 Å². The lowest BCUT2D eigenvalue weighted by molar-refractivity contribution is 0.0252. The molecule has 3 aromatic rings. The largest absolute Gasteiger partial charge is 0.497 e. The number of rotatable bonds is 5. The number of ether oxygens (including phenoxy) is 2. The van der Waals surface area contributed by atoms with Gasteiger partial charge in [0.15, 0.2) is 0 Å². The van der Waals surface area contributed by atoms with Gasteiger partial charge in [0.2, 0.25) is 0 Å². The molecule has 1 aliphatic heterocycles. The molecule has 1 atom stereocenters. The van der Waals surface area contributed by atoms with Crippen LogP contribution >= 0.6 is 0 Å². The predicted molar refractivity (Wildman–Crippen MR) is 109 cm³/mol. The second-order valence-corrected chi connectivity index (χ2v) is 6.91. The number of hydrogen-bond acceptors (Lipinski definition) is 4. The quantitative estimate of drug-likeness (QED) is 0.670. The molecule has 0 unspecified atom stereocenters. The molecule has 0 aromatic heterocycles. The number of esters is 1. The summed E-state index contributed by atoms with van der Waals surface area (Å²) in [5.74, 6) is 0.235. The summed E-state index contributed by atoms with van der Waals surface area (Å²) in [6.45, 7) is 0.411. The number of carbonyl (C=O) groups is 2. The topological polar surface area (TPSA) is 64.6 Å². The molecule has 0 bridgehead atoms. The van der Waals surface area contributed by atoms with E-state index in [4.69, 9.17) is 9.47 Å². The lowest BCUT2D eigenvalue weighted by Crippen LogP contribution is -2.25. The van der Waals surface area contributed by atoms with Crippen LogP contribution in [0, 0.1) is 0 Å². The Bertz CT molecular complexity index is 1030. The maximum atomic E-state index is 12.6. The highest BCUT2D eigenvalue weighted by molar-refractivity contribution is 5.97. The molecule has 0 aliphatic carbocycles. The maximum Gasteiger partial charge on any atom is 0.339 e. The van der Waals surface area contributed by atoms with E-state index in [9.17, 15) is 9.59 Å². The number of amides is 1. The Morgan fingerprint density at radius 3 is 2.55 bits per heavy atom. The van der Waals surface area contributed by atoms with Gasteiger partial charge in [0.05, 0.1) is 12.7 Å². The Hall–Kier alpha value is -3.60. The zero-order valence-corrected chi connectivity index (χ0v) is 16.1. The zero-order chi connectivity index (χ0) is 20.2. The van der Waals surface area contributed by atoms with Crippen LogP contribution in [0.25, 0.3) is 0 Å². The van der Waals surface area contributed by atoms with Gasteiger partial charge in [0.25, 0.3) is 5.91 Å². The van der Waals surface area contributed by atoms with Gasteiger partial charge in [-0.05, 0) is 47.0 Å². The van der Waals surface area contributed by atoms with Crippen molar-refractivity contribution in [3.63, 3.8) is 0 Å². The molecule has 0 saturated heterocycles. The van der Waals surface area contributed by atoms with Gasteiger partial charge in [-0.1, -0.05) is 42.5 Å². The van der Waals surface area contributed by atoms with Crippen molar-refractivity contribution < 1.29 is 19.1 Å². The van der Waals surface area contributed by atoms with Crippen molar-refractivity contribution in [2.24, 2.45) is 0 Å². The second kappa shape index (κ2) is 8.19. The van der Waals surface area contributed by atoms with E-state index in [1.54, 1.807) is 25.3 Å². The minimum absolute atomic E-state index is 0.182. The maximum absolute atomic E-state index is 12.6. The second-order valence-electron chi connectivity index (χ2n) is 6.91. The van der Waals surface area contributed by atoms with Gasteiger partial charge >= 0.3 is 5.97 Å². The van der Waals surface area contributed by atoms with E-state index < -0.39 is 0 Å². The minimum Gasteiger partial charge on any atom is -0.497 e. The average Bonchev–Trinajstić information content (AvgIpc) is 2.78. The number of cyclic esters (lactones) is 1. The summed E-state index contributed by atoms with van der Waals surface area (Å²) in [5, 5.41) is 2.92. The van der Waals surface area contributed by atoms with Crippen molar-refractivity contribution in [2.45, 2.75) is 19.1 Å². The van der Waals surface area contributed by atoms with Crippen molar-refractivity contribution in [3.8, 4) is 5.75 Å². The van der Waals surface area contributed by atoms with Gasteiger partial charge in [-0.15, -0.1) is 0 Å². The van der Waals surface area contributed by atoms with Crippen LogP contribution in [-0.4, -0.2) is 19.0 Å². The fourth-order valence-electron chi connectivity index (χ4n) is 3.42. The van der Waals surface area contributed by atoms with Gasteiger partial charge in [-0.3, -0.25) is 4.79 Å². The monoisotopic (exact) mass is 387 g/mol. The van der Waals surface area contributed by atoms with Crippen molar-refractivity contribution in [1.82, 2.24) is 5.32 Å². The van der Waals surface area contributed by atoms with Crippen LogP contribution in [0.15, 0.2) is 72.8 Å². The number of nitrogens with one attached hydrogen (secondary N) is 1. The fraction of sp³-hybridized carbons (Fsp3) is 0.167. The number of benzene rings is 3. The number of fused-ring (bicyclic) bond motifs is 1. The first-order valence-corrected chi connectivity index (χ1v) is 9.44. The molecule has 0 saturated carbocycles. The van der Waals surface area contributed by atoms with Crippen molar-refractivity contribution in [3.05, 3.63) is 101 Å². The van der Waals surface area contributed by atoms with E-state index >= 15 is 0 Å². The first-order valence-electron chi connectivity index (χ1n) is 9.44. The molecule has 5 nitrogen and oxygen atoms in total. The Balaban J connectivity index is 1.48. The minimum atomic E-state index is -0.356. The van der Waals surface area contributed by atoms with E-state index in [2.05, 4.69) is 5.32 Å². The zero-order valence-electron chi connectivity index (χ0n) is 16.1. The molecule has 1 amide bonds. The van der Waals surface area contributed by atoms with Gasteiger partial charge in [-0.2, -0.15) is 0 Å². The summed E-state index contributed by atoms with van der Waals surface area (Å²) in [6, 6.07) is 22.3. The third-order valence-corrected chi connectivity index (χ3v) is 5.03. The van der Waals surface area contributed by atoms with Gasteiger partial charge < -0.3 is 14.8 Å². The Kier molecular flexibility index (Phi) is 5.29. The Labute approximate surface area is 169 Å². The van der Waals surface area contributed by atoms with E-state index in [0.717, 1.165) is 22.4 Å². The third-order valence-electron chi connectivity index (χ3n) is 5.03. The molecule has 5 heteroatoms. The lowest BCUT2D eigenvalue weighted by atomic mass is 9.93. The number of hydrogen-bond donors (Lipinski definition) is 1. The molecular formula is C24H21NO4. The van der Waals surface area contributed by atoms with Crippen LogP contribution in [0.3, 0.4) is 0 Å². The first-order chi connectivity index (χ1) is 14.1. The summed E-state index contributed by atoms with van der Waals surface area (Å²) in [7, 11) is 1.62. The molecule has 0 fully saturated rings. The first kappa shape index (κ1) is 18.7. The molecule has 1 heterocycles. The highest BCUT2D eigenvalue weighted by atomic mass is 16.5. The smallest absolute Gasteiger partial charge is 0.339 e. The van der Waals surface area contributed by atoms with Gasteiger partial charge in [0, 0.05) is 18.5 Å². The highest BCUT2D eigenvalue weighted by Gasteiger charge is 2.28. The summed E-state index contributed by atoms with van der Waals surface area (Å²) in [5.41, 5.74) is 3.79. The predicted octanol–water partition coefficient (Wildman–Crippen LogP) is 4.08. The molecule has 146 valence electrons. The Morgan fingerprint density at radius 1 is 1.07 bits per heavy atom. The van der Waals surface area contributed by atoms with E-state index in [-0.39, 0.29) is 18.0 Å². The van der Waals surface area contributed by atoms with Gasteiger partial charge in [0.1, 0.15) is 11.9 Å². The van der Waals surface area contributed by atoms with Crippen LogP contribution in [0.1, 0.15) is 43.5 Å². The van der Waals surface area contributed by atoms with Crippen molar-refractivity contribution in [1.29, 1.82) is 0 Å². The van der Waals surface area contributed by atoms with Crippen LogP contribution < -0.4 is 10.1 Å². The third kappa shape index (κ3) is 4.14. The molecule has 0 radical (unpaired) electrons. The molecule has 1 N–H and O–H groups in total. The summed E-state index contributed by atoms with van der Waals surface area (Å²) >= 11 is 0. The number of methoxy groups -OCH3 is 1. The standard InChI is InChI=1S/C24H21NO4/c1-28-20-10-7-16(8-11-20)15-25-23(26)18-9-12-21-19(13-18)14-22(29-24(21)27)17-5-3-2-4-6-17/h2-13,22H,14-15H2,1H3,(H,25,26)/t22-/m0/s1. The molecule has 4 rings (SSSR count). The molecule has 29 heavy (non-hydrogen) atoms. The molecular weight excluding hydrogens is 366 g/mol. The van der Waals surface area contributed by atoms with Crippen molar-refractivity contribution >= 4 is 11.9 Å². The summed E-state index contributed by atoms with van der Waals surface area (Å²) in [6.07, 6.45) is 0.207. The van der Waals surface area contributed by atoms with Gasteiger partial charge in [-0.25, -0.2) is 4.79 Å². The van der Waals surface area contributed by atoms with Crippen LogP contribution in [0.4, 0.5) is 0 Å². The highest BCUT2D eigenvalue weighted by Crippen LogP contribution is 2.31. The normalized spacial score (nSPS) is 15.2. The molecule has 0 spiro atoms. The van der Waals surface area contributed by atoms with E-state index in [0.29, 0.717) is 24.1 Å². The SMILES string of the molecule is COc1ccc(CNC(=O)c2ccc3c(c2)C[C@@H](c2ccccc2)OC3=O)cc1. The van der Waals surface area contributed by atoms with Crippen LogP contribution in [0.2, 0.25) is 0 Å².